The van der Waals surface area contributed by atoms with Gasteiger partial charge in [0.15, 0.2) is 12.2 Å². The molecule has 0 rings (SSSR count). The van der Waals surface area contributed by atoms with E-state index in [0.29, 0.717) is 25.7 Å². The predicted octanol–water partition coefficient (Wildman–Crippen LogP) is 22.4. The third-order valence-corrected chi connectivity index (χ3v) is 18.5. The van der Waals surface area contributed by atoms with Crippen molar-refractivity contribution in [2.24, 2.45) is 0 Å². The lowest BCUT2D eigenvalue weighted by Crippen LogP contribution is -2.30. The monoisotopic (exact) mass is 1420 g/mol. The SMILES string of the molecule is CCCCC/C=C\C/C=C\CCCCCCCC(=O)OC[C@H](COP(=O)(O)OC[C@@H](O)COP(=O)(O)OC[C@@H](COC(=O)CCCCCCCCC/C=C\CCCCCC)OC(=O)CCCCCCC/C=C\C/C=C\CCCCC)OC(=O)CCCCCCC/C=C\CCCCCC. The molecule has 0 aliphatic rings. The van der Waals surface area contributed by atoms with Crippen LogP contribution in [0, 0.1) is 0 Å². The van der Waals surface area contributed by atoms with Gasteiger partial charge in [0.25, 0.3) is 0 Å². The Morgan fingerprint density at radius 1 is 0.286 bits per heavy atom. The average Bonchev–Trinajstić information content (AvgIpc) is 0.959. The van der Waals surface area contributed by atoms with Crippen molar-refractivity contribution in [3.8, 4) is 0 Å². The first kappa shape index (κ1) is 94.5. The second-order valence-electron chi connectivity index (χ2n) is 26.3. The van der Waals surface area contributed by atoms with E-state index in [1.165, 1.54) is 103 Å². The summed E-state index contributed by atoms with van der Waals surface area (Å²) in [6, 6.07) is 0. The largest absolute Gasteiger partial charge is 0.472 e. The molecule has 0 fully saturated rings. The average molecular weight is 1430 g/mol. The van der Waals surface area contributed by atoms with Crippen LogP contribution in [0.3, 0.4) is 0 Å². The van der Waals surface area contributed by atoms with E-state index in [9.17, 15) is 43.2 Å². The van der Waals surface area contributed by atoms with Crippen molar-refractivity contribution in [1.82, 2.24) is 0 Å². The highest BCUT2D eigenvalue weighted by atomic mass is 31.2. The third-order valence-electron chi connectivity index (χ3n) is 16.6. The van der Waals surface area contributed by atoms with Gasteiger partial charge in [-0.1, -0.05) is 255 Å². The van der Waals surface area contributed by atoms with Crippen LogP contribution in [0.15, 0.2) is 72.9 Å². The van der Waals surface area contributed by atoms with Gasteiger partial charge in [0.2, 0.25) is 0 Å². The molecule has 17 nitrogen and oxygen atoms in total. The first-order chi connectivity index (χ1) is 47.7. The number of carbonyl (C=O) groups is 4. The van der Waals surface area contributed by atoms with E-state index in [0.717, 1.165) is 167 Å². The molecule has 0 spiro atoms. The highest BCUT2D eigenvalue weighted by molar-refractivity contribution is 7.47. The maximum Gasteiger partial charge on any atom is 0.472 e. The molecule has 0 amide bonds. The maximum atomic E-state index is 13.1. The quantitative estimate of drug-likeness (QED) is 0.0169. The smallest absolute Gasteiger partial charge is 0.462 e. The van der Waals surface area contributed by atoms with Gasteiger partial charge >= 0.3 is 39.5 Å². The fourth-order valence-corrected chi connectivity index (χ4v) is 12.1. The van der Waals surface area contributed by atoms with Gasteiger partial charge in [0, 0.05) is 25.7 Å². The fraction of sp³-hybridized carbons (Fsp3) is 0.797. The van der Waals surface area contributed by atoms with Gasteiger partial charge in [-0.25, -0.2) is 9.13 Å². The molecule has 98 heavy (non-hydrogen) atoms. The van der Waals surface area contributed by atoms with E-state index < -0.39 is 97.5 Å². The third kappa shape index (κ3) is 70.9. The van der Waals surface area contributed by atoms with E-state index in [-0.39, 0.29) is 25.7 Å². The van der Waals surface area contributed by atoms with Crippen LogP contribution in [0.5, 0.6) is 0 Å². The molecule has 0 saturated heterocycles. The summed E-state index contributed by atoms with van der Waals surface area (Å²) in [4.78, 5) is 72.9. The Kier molecular flexibility index (Phi) is 69.3. The number of hydrogen-bond acceptors (Lipinski definition) is 15. The van der Waals surface area contributed by atoms with Gasteiger partial charge in [0.1, 0.15) is 19.3 Å². The van der Waals surface area contributed by atoms with Crippen molar-refractivity contribution >= 4 is 39.5 Å². The molecule has 19 heteroatoms. The van der Waals surface area contributed by atoms with Crippen LogP contribution >= 0.6 is 15.6 Å². The number of phosphoric ester groups is 2. The summed E-state index contributed by atoms with van der Waals surface area (Å²) >= 11 is 0. The maximum absolute atomic E-state index is 13.1. The van der Waals surface area contributed by atoms with Gasteiger partial charge < -0.3 is 33.8 Å². The summed E-state index contributed by atoms with van der Waals surface area (Å²) < 4.78 is 68.5. The molecule has 0 aromatic carbocycles. The van der Waals surface area contributed by atoms with Crippen LogP contribution in [0.25, 0.3) is 0 Å². The molecule has 570 valence electrons. The van der Waals surface area contributed by atoms with Crippen molar-refractivity contribution in [2.75, 3.05) is 39.6 Å². The normalized spacial score (nSPS) is 14.3. The van der Waals surface area contributed by atoms with Crippen LogP contribution in [-0.2, 0) is 65.4 Å². The van der Waals surface area contributed by atoms with Crippen molar-refractivity contribution < 1.29 is 80.2 Å². The first-order valence-corrected chi connectivity index (χ1v) is 42.2. The number of carbonyl (C=O) groups excluding carboxylic acids is 4. The Morgan fingerprint density at radius 3 is 0.786 bits per heavy atom. The number of esters is 4. The molecule has 0 aromatic heterocycles. The van der Waals surface area contributed by atoms with Crippen molar-refractivity contribution in [2.45, 2.75) is 367 Å². The number of unbranched alkanes of at least 4 members (excludes halogenated alkanes) is 36. The van der Waals surface area contributed by atoms with Gasteiger partial charge in [-0.2, -0.15) is 0 Å². The molecule has 0 heterocycles. The molecular formula is C79H142O17P2. The Bertz CT molecular complexity index is 2140. The summed E-state index contributed by atoms with van der Waals surface area (Å²) in [6.45, 7) is 4.79. The molecule has 0 aliphatic heterocycles. The number of aliphatic hydroxyl groups excluding tert-OH is 1. The molecule has 0 bridgehead atoms. The number of rotatable bonds is 74. The summed E-state index contributed by atoms with van der Waals surface area (Å²) in [6.07, 6.45) is 71.6. The second-order valence-corrected chi connectivity index (χ2v) is 29.2. The van der Waals surface area contributed by atoms with Crippen LogP contribution in [0.4, 0.5) is 0 Å². The number of phosphoric acid groups is 2. The number of ether oxygens (including phenoxy) is 4. The summed E-state index contributed by atoms with van der Waals surface area (Å²) in [7, 11) is -9.95. The van der Waals surface area contributed by atoms with Crippen molar-refractivity contribution in [1.29, 1.82) is 0 Å². The van der Waals surface area contributed by atoms with E-state index in [1.54, 1.807) is 0 Å². The number of aliphatic hydroxyl groups is 1. The lowest BCUT2D eigenvalue weighted by Gasteiger charge is -2.21. The molecule has 2 unspecified atom stereocenters. The number of allylic oxidation sites excluding steroid dienone is 12. The summed E-state index contributed by atoms with van der Waals surface area (Å²) in [5.74, 6) is -2.20. The van der Waals surface area contributed by atoms with Gasteiger partial charge in [0.05, 0.1) is 26.4 Å². The molecule has 0 radical (unpaired) electrons. The van der Waals surface area contributed by atoms with Crippen LogP contribution in [0.1, 0.15) is 349 Å². The molecular weight excluding hydrogens is 1280 g/mol. The minimum absolute atomic E-state index is 0.0806. The molecule has 5 atom stereocenters. The zero-order valence-corrected chi connectivity index (χ0v) is 64.0. The van der Waals surface area contributed by atoms with Gasteiger partial charge in [-0.15, -0.1) is 0 Å². The molecule has 0 saturated carbocycles. The Labute approximate surface area is 596 Å². The molecule has 0 aliphatic carbocycles. The van der Waals surface area contributed by atoms with E-state index >= 15 is 0 Å². The highest BCUT2D eigenvalue weighted by Gasteiger charge is 2.30. The van der Waals surface area contributed by atoms with Crippen molar-refractivity contribution in [3.63, 3.8) is 0 Å². The Balaban J connectivity index is 5.35. The van der Waals surface area contributed by atoms with Gasteiger partial charge in [-0.05, 0) is 141 Å². The zero-order chi connectivity index (χ0) is 71.8. The van der Waals surface area contributed by atoms with Gasteiger partial charge in [-0.3, -0.25) is 37.3 Å². The predicted molar refractivity (Wildman–Crippen MR) is 400 cm³/mol. The van der Waals surface area contributed by atoms with Crippen molar-refractivity contribution in [3.05, 3.63) is 72.9 Å². The fourth-order valence-electron chi connectivity index (χ4n) is 10.6. The van der Waals surface area contributed by atoms with E-state index in [1.807, 2.05) is 0 Å². The summed E-state index contributed by atoms with van der Waals surface area (Å²) in [5, 5.41) is 10.6. The lowest BCUT2D eigenvalue weighted by atomic mass is 10.1. The minimum atomic E-state index is -4.98. The standard InChI is InChI=1S/C79H142O17P2/c1-5-9-13-17-21-25-29-33-36-40-43-47-51-55-59-63-76(81)89-69-74(95-78(83)65-61-57-53-49-45-39-32-28-24-20-16-12-8-4)71-93-97(85,86)91-67-73(80)68-92-98(87,88)94-72-75(96-79(84)66-62-58-54-50-46-42-38-35-31-27-23-19-15-11-7-3)70-90-77(82)64-60-56-52-48-44-41-37-34-30-26-22-18-14-10-6-2/h21,23,25-28,30,32-33,35-36,38,73-75,80H,5-20,22,24,29,31,34,37,39-72H2,1-4H3,(H,85,86)(H,87,88)/b25-21-,27-23-,30-26-,32-28-,36-33-,38-35-/t73-,74-,75-/m1/s1. The van der Waals surface area contributed by atoms with E-state index in [4.69, 9.17) is 37.0 Å². The van der Waals surface area contributed by atoms with E-state index in [2.05, 4.69) is 101 Å². The molecule has 3 N–H and O–H groups in total. The van der Waals surface area contributed by atoms with Crippen LogP contribution in [-0.4, -0.2) is 96.7 Å². The highest BCUT2D eigenvalue weighted by Crippen LogP contribution is 2.45. The second kappa shape index (κ2) is 71.9. The minimum Gasteiger partial charge on any atom is -0.462 e. The zero-order valence-electron chi connectivity index (χ0n) is 62.2. The summed E-state index contributed by atoms with van der Waals surface area (Å²) in [5.41, 5.74) is 0. The molecule has 0 aromatic rings. The topological polar surface area (TPSA) is 237 Å². The lowest BCUT2D eigenvalue weighted by molar-refractivity contribution is -0.161. The Hall–Kier alpha value is -3.50. The first-order valence-electron chi connectivity index (χ1n) is 39.2. The van der Waals surface area contributed by atoms with Crippen LogP contribution < -0.4 is 0 Å². The number of hydrogen-bond donors (Lipinski definition) is 3. The van der Waals surface area contributed by atoms with Crippen LogP contribution in [0.2, 0.25) is 0 Å². The Morgan fingerprint density at radius 2 is 0.500 bits per heavy atom.